The molecule has 1 aromatic carbocycles. The number of ether oxygens (including phenoxy) is 2. The van der Waals surface area contributed by atoms with E-state index >= 15 is 0 Å². The fourth-order valence-electron chi connectivity index (χ4n) is 2.00. The molecular formula is C13H13N5O3. The molecule has 0 spiro atoms. The number of H-pyrrole nitrogens is 1. The summed E-state index contributed by atoms with van der Waals surface area (Å²) in [7, 11) is 1.52. The molecule has 2 heterocycles. The lowest BCUT2D eigenvalue weighted by atomic mass is 10.3. The lowest BCUT2D eigenvalue weighted by Crippen LogP contribution is -2.13. The first kappa shape index (κ1) is 13.0. The minimum atomic E-state index is -0.341. The molecule has 0 saturated carbocycles. The number of aromatic amines is 1. The number of nitrogen functional groups attached to an aromatic ring is 1. The second-order valence-corrected chi connectivity index (χ2v) is 4.38. The largest absolute Gasteiger partial charge is 0.493 e. The number of aryl methyl sites for hydroxylation is 1. The van der Waals surface area contributed by atoms with Gasteiger partial charge in [-0.1, -0.05) is 0 Å². The molecule has 8 nitrogen and oxygen atoms in total. The molecule has 0 radical (unpaired) electrons. The van der Waals surface area contributed by atoms with Gasteiger partial charge in [-0.05, 0) is 19.1 Å². The van der Waals surface area contributed by atoms with Crippen molar-refractivity contribution in [2.24, 2.45) is 0 Å². The van der Waals surface area contributed by atoms with E-state index < -0.39 is 0 Å². The van der Waals surface area contributed by atoms with Crippen molar-refractivity contribution in [3.8, 4) is 17.4 Å². The van der Waals surface area contributed by atoms with Gasteiger partial charge in [0.15, 0.2) is 17.1 Å². The van der Waals surface area contributed by atoms with Crippen molar-refractivity contribution in [2.75, 3.05) is 12.8 Å². The van der Waals surface area contributed by atoms with Gasteiger partial charge in [0, 0.05) is 17.8 Å². The third kappa shape index (κ3) is 2.27. The van der Waals surface area contributed by atoms with Crippen LogP contribution in [0.5, 0.6) is 17.4 Å². The van der Waals surface area contributed by atoms with Crippen LogP contribution in [0.1, 0.15) is 5.82 Å². The van der Waals surface area contributed by atoms with Gasteiger partial charge < -0.3 is 15.2 Å². The Hall–Kier alpha value is -3.03. The number of nitrogens with two attached hydrogens (primary N) is 1. The number of fused-ring (bicyclic) bond motifs is 1. The molecule has 21 heavy (non-hydrogen) atoms. The second kappa shape index (κ2) is 4.82. The Labute approximate surface area is 119 Å². The fraction of sp³-hybridized carbons (Fsp3) is 0.154. The monoisotopic (exact) mass is 287 g/mol. The summed E-state index contributed by atoms with van der Waals surface area (Å²) in [5.74, 6) is 1.74. The van der Waals surface area contributed by atoms with Crippen molar-refractivity contribution in [1.29, 1.82) is 0 Å². The molecule has 0 saturated heterocycles. The Morgan fingerprint density at radius 2 is 2.10 bits per heavy atom. The zero-order valence-electron chi connectivity index (χ0n) is 11.5. The van der Waals surface area contributed by atoms with Crippen molar-refractivity contribution in [3.63, 3.8) is 0 Å². The maximum absolute atomic E-state index is 11.5. The summed E-state index contributed by atoms with van der Waals surface area (Å²) in [4.78, 5) is 15.8. The zero-order chi connectivity index (χ0) is 15.0. The van der Waals surface area contributed by atoms with Gasteiger partial charge in [-0.15, -0.1) is 0 Å². The van der Waals surface area contributed by atoms with Crippen molar-refractivity contribution in [2.45, 2.75) is 6.92 Å². The molecule has 0 bridgehead atoms. The number of nitrogens with one attached hydrogen (secondary N) is 1. The average molecular weight is 287 g/mol. The molecule has 3 N–H and O–H groups in total. The van der Waals surface area contributed by atoms with Gasteiger partial charge in [0.25, 0.3) is 0 Å². The van der Waals surface area contributed by atoms with Crippen molar-refractivity contribution in [3.05, 3.63) is 40.6 Å². The van der Waals surface area contributed by atoms with E-state index in [0.717, 1.165) is 0 Å². The number of hydrogen-bond acceptors (Lipinski definition) is 6. The first-order valence-electron chi connectivity index (χ1n) is 6.14. The van der Waals surface area contributed by atoms with Crippen LogP contribution in [0, 0.1) is 6.92 Å². The molecular weight excluding hydrogens is 274 g/mol. The topological polar surface area (TPSA) is 108 Å². The Bertz CT molecular complexity index is 868. The van der Waals surface area contributed by atoms with Gasteiger partial charge in [0.2, 0.25) is 5.88 Å². The number of anilines is 1. The van der Waals surface area contributed by atoms with E-state index in [1.165, 1.54) is 11.5 Å². The zero-order valence-corrected chi connectivity index (χ0v) is 11.5. The molecule has 0 aliphatic rings. The maximum Gasteiger partial charge on any atom is 0.349 e. The number of rotatable bonds is 3. The molecule has 2 aromatic heterocycles. The minimum Gasteiger partial charge on any atom is -0.493 e. The molecule has 3 rings (SSSR count). The Morgan fingerprint density at radius 1 is 1.29 bits per heavy atom. The second-order valence-electron chi connectivity index (χ2n) is 4.38. The van der Waals surface area contributed by atoms with Gasteiger partial charge in [0.1, 0.15) is 5.82 Å². The molecule has 108 valence electrons. The van der Waals surface area contributed by atoms with Crippen LogP contribution in [0.2, 0.25) is 0 Å². The van der Waals surface area contributed by atoms with Gasteiger partial charge in [-0.2, -0.15) is 10.1 Å². The number of hydrogen-bond donors (Lipinski definition) is 2. The summed E-state index contributed by atoms with van der Waals surface area (Å²) in [5.41, 5.74) is 6.35. The minimum absolute atomic E-state index is 0.307. The van der Waals surface area contributed by atoms with Gasteiger partial charge in [-0.3, -0.25) is 0 Å². The quantitative estimate of drug-likeness (QED) is 0.699. The van der Waals surface area contributed by atoms with Gasteiger partial charge >= 0.3 is 5.69 Å². The van der Waals surface area contributed by atoms with E-state index in [9.17, 15) is 4.79 Å². The lowest BCUT2D eigenvalue weighted by molar-refractivity contribution is 0.374. The van der Waals surface area contributed by atoms with Gasteiger partial charge in [0.05, 0.1) is 7.11 Å². The highest BCUT2D eigenvalue weighted by molar-refractivity contribution is 5.53. The van der Waals surface area contributed by atoms with Crippen LogP contribution in [-0.2, 0) is 0 Å². The van der Waals surface area contributed by atoms with Crippen LogP contribution in [-0.4, -0.2) is 26.7 Å². The summed E-state index contributed by atoms with van der Waals surface area (Å²) < 4.78 is 12.3. The fourth-order valence-corrected chi connectivity index (χ4v) is 2.00. The SMILES string of the molecule is COc1cc(N)ccc1Oc1cc2n[nH]c(=O)n2c(C)n1. The highest BCUT2D eigenvalue weighted by Gasteiger charge is 2.11. The van der Waals surface area contributed by atoms with Crippen LogP contribution in [0.3, 0.4) is 0 Å². The molecule has 0 amide bonds. The summed E-state index contributed by atoms with van der Waals surface area (Å²) in [5, 5.41) is 6.25. The molecule has 0 aliphatic carbocycles. The number of nitrogens with zero attached hydrogens (tertiary/aromatic N) is 3. The van der Waals surface area contributed by atoms with Crippen molar-refractivity contribution >= 4 is 11.3 Å². The molecule has 8 heteroatoms. The maximum atomic E-state index is 11.5. The van der Waals surface area contributed by atoms with Crippen LogP contribution in [0.4, 0.5) is 5.69 Å². The van der Waals surface area contributed by atoms with E-state index in [1.54, 1.807) is 31.2 Å². The van der Waals surface area contributed by atoms with E-state index in [0.29, 0.717) is 34.5 Å². The average Bonchev–Trinajstić information content (AvgIpc) is 2.82. The summed E-state index contributed by atoms with van der Waals surface area (Å²) in [6, 6.07) is 6.59. The van der Waals surface area contributed by atoms with E-state index in [2.05, 4.69) is 15.2 Å². The molecule has 3 aromatic rings. The van der Waals surface area contributed by atoms with Crippen LogP contribution >= 0.6 is 0 Å². The highest BCUT2D eigenvalue weighted by atomic mass is 16.5. The van der Waals surface area contributed by atoms with Crippen LogP contribution < -0.4 is 20.9 Å². The van der Waals surface area contributed by atoms with Gasteiger partial charge in [-0.25, -0.2) is 14.3 Å². The highest BCUT2D eigenvalue weighted by Crippen LogP contribution is 2.32. The Kier molecular flexibility index (Phi) is 2.98. The Balaban J connectivity index is 2.04. The molecule has 0 atom stereocenters. The number of methoxy groups -OCH3 is 1. The van der Waals surface area contributed by atoms with E-state index in [4.69, 9.17) is 15.2 Å². The standard InChI is InChI=1S/C13H13N5O3/c1-7-15-12(6-11-16-17-13(19)18(7)11)21-9-4-3-8(14)5-10(9)20-2/h3-6H,14H2,1-2H3,(H,17,19). The Morgan fingerprint density at radius 3 is 2.86 bits per heavy atom. The molecule has 0 aliphatic heterocycles. The first-order valence-corrected chi connectivity index (χ1v) is 6.14. The summed E-state index contributed by atoms with van der Waals surface area (Å²) in [6.45, 7) is 1.69. The summed E-state index contributed by atoms with van der Waals surface area (Å²) in [6.07, 6.45) is 0. The predicted molar refractivity (Wildman–Crippen MR) is 75.8 cm³/mol. The third-order valence-corrected chi connectivity index (χ3v) is 2.95. The van der Waals surface area contributed by atoms with Crippen LogP contribution in [0.15, 0.2) is 29.1 Å². The van der Waals surface area contributed by atoms with Crippen molar-refractivity contribution < 1.29 is 9.47 Å². The summed E-state index contributed by atoms with van der Waals surface area (Å²) >= 11 is 0. The number of aromatic nitrogens is 4. The first-order chi connectivity index (χ1) is 10.1. The molecule has 0 fully saturated rings. The van der Waals surface area contributed by atoms with E-state index in [1.807, 2.05) is 0 Å². The van der Waals surface area contributed by atoms with Crippen molar-refractivity contribution in [1.82, 2.24) is 19.6 Å². The lowest BCUT2D eigenvalue weighted by Gasteiger charge is -2.10. The smallest absolute Gasteiger partial charge is 0.349 e. The third-order valence-electron chi connectivity index (χ3n) is 2.95. The van der Waals surface area contributed by atoms with Crippen LogP contribution in [0.25, 0.3) is 5.65 Å². The normalized spacial score (nSPS) is 10.8. The number of benzene rings is 1. The van der Waals surface area contributed by atoms with E-state index in [-0.39, 0.29) is 5.69 Å². The molecule has 0 unspecified atom stereocenters. The predicted octanol–water partition coefficient (Wildman–Crippen LogP) is 1.11.